The Kier molecular flexibility index (Phi) is 4.58. The van der Waals surface area contributed by atoms with Crippen molar-refractivity contribution in [3.05, 3.63) is 72.1 Å². The first-order valence-electron chi connectivity index (χ1n) is 8.86. The highest BCUT2D eigenvalue weighted by molar-refractivity contribution is 7.94. The Bertz CT molecular complexity index is 1110. The van der Waals surface area contributed by atoms with Crippen LogP contribution in [0.3, 0.4) is 0 Å². The van der Waals surface area contributed by atoms with E-state index in [0.717, 1.165) is 22.2 Å². The van der Waals surface area contributed by atoms with Crippen molar-refractivity contribution in [1.29, 1.82) is 0 Å². The number of amides is 1. The lowest BCUT2D eigenvalue weighted by atomic mass is 10.1. The minimum atomic E-state index is -3.17. The molecular weight excluding hydrogens is 360 g/mol. The van der Waals surface area contributed by atoms with E-state index in [1.807, 2.05) is 36.4 Å². The molecule has 1 aliphatic rings. The summed E-state index contributed by atoms with van der Waals surface area (Å²) in [7, 11) is -3.17. The third-order valence-electron chi connectivity index (χ3n) is 4.72. The van der Waals surface area contributed by atoms with Gasteiger partial charge in [0.05, 0.1) is 11.8 Å². The lowest BCUT2D eigenvalue weighted by Gasteiger charge is -2.13. The Morgan fingerprint density at radius 1 is 1.07 bits per heavy atom. The lowest BCUT2D eigenvalue weighted by molar-refractivity contribution is -0.121. The van der Waals surface area contributed by atoms with Gasteiger partial charge in [-0.15, -0.1) is 0 Å². The van der Waals surface area contributed by atoms with E-state index in [-0.39, 0.29) is 18.1 Å². The van der Waals surface area contributed by atoms with Gasteiger partial charge >= 0.3 is 0 Å². The number of hydrogen-bond donors (Lipinski definition) is 1. The third kappa shape index (κ3) is 3.80. The number of nitrogens with one attached hydrogen (secondary N) is 1. The first-order chi connectivity index (χ1) is 13.0. The Hall–Kier alpha value is -2.86. The summed E-state index contributed by atoms with van der Waals surface area (Å²) in [4.78, 5) is 12.3. The zero-order valence-corrected chi connectivity index (χ0v) is 15.5. The monoisotopic (exact) mass is 380 g/mol. The van der Waals surface area contributed by atoms with E-state index in [1.54, 1.807) is 0 Å². The van der Waals surface area contributed by atoms with Crippen LogP contribution in [0.5, 0.6) is 0 Å². The average molecular weight is 380 g/mol. The van der Waals surface area contributed by atoms with Crippen molar-refractivity contribution in [3.63, 3.8) is 0 Å². The quantitative estimate of drug-likeness (QED) is 0.739. The molecule has 6 heteroatoms. The van der Waals surface area contributed by atoms with Crippen molar-refractivity contribution in [3.8, 4) is 11.3 Å². The van der Waals surface area contributed by atoms with E-state index in [9.17, 15) is 13.2 Å². The SMILES string of the molecule is O=C(CCn1c(-c2ccccc2)cc2ccccc21)N[C@@H]1C=CS(=O)(=O)C1. The van der Waals surface area contributed by atoms with Crippen LogP contribution in [0.2, 0.25) is 0 Å². The van der Waals surface area contributed by atoms with Gasteiger partial charge in [0.15, 0.2) is 9.84 Å². The maximum absolute atomic E-state index is 12.3. The minimum absolute atomic E-state index is 0.0551. The number of sulfone groups is 1. The van der Waals surface area contributed by atoms with Crippen molar-refractivity contribution >= 4 is 26.6 Å². The number of rotatable bonds is 5. The molecule has 2 heterocycles. The van der Waals surface area contributed by atoms with Gasteiger partial charge in [0.1, 0.15) is 0 Å². The molecule has 1 atom stereocenters. The molecule has 0 saturated heterocycles. The molecule has 0 aliphatic carbocycles. The maximum Gasteiger partial charge on any atom is 0.222 e. The smallest absolute Gasteiger partial charge is 0.222 e. The number of aryl methyl sites for hydroxylation is 1. The van der Waals surface area contributed by atoms with Crippen LogP contribution in [0.1, 0.15) is 6.42 Å². The van der Waals surface area contributed by atoms with Gasteiger partial charge in [-0.25, -0.2) is 8.42 Å². The first kappa shape index (κ1) is 17.5. The van der Waals surface area contributed by atoms with Crippen LogP contribution in [0, 0.1) is 0 Å². The van der Waals surface area contributed by atoms with Crippen LogP contribution in [0.25, 0.3) is 22.2 Å². The number of carbonyl (C=O) groups is 1. The van der Waals surface area contributed by atoms with E-state index < -0.39 is 15.9 Å². The number of para-hydroxylation sites is 1. The molecule has 138 valence electrons. The topological polar surface area (TPSA) is 68.2 Å². The van der Waals surface area contributed by atoms with Gasteiger partial charge < -0.3 is 9.88 Å². The summed E-state index contributed by atoms with van der Waals surface area (Å²) >= 11 is 0. The Morgan fingerprint density at radius 3 is 2.56 bits per heavy atom. The van der Waals surface area contributed by atoms with Crippen LogP contribution in [-0.4, -0.2) is 30.7 Å². The number of hydrogen-bond acceptors (Lipinski definition) is 3. The molecule has 1 amide bonds. The predicted octanol–water partition coefficient (Wildman–Crippen LogP) is 3.13. The van der Waals surface area contributed by atoms with Crippen molar-refractivity contribution in [2.45, 2.75) is 19.0 Å². The summed E-state index contributed by atoms with van der Waals surface area (Å²) in [6.07, 6.45) is 1.82. The minimum Gasteiger partial charge on any atom is -0.349 e. The van der Waals surface area contributed by atoms with Crippen LogP contribution < -0.4 is 5.32 Å². The summed E-state index contributed by atoms with van der Waals surface area (Å²) in [6, 6.07) is 19.9. The fourth-order valence-corrected chi connectivity index (χ4v) is 4.69. The van der Waals surface area contributed by atoms with E-state index in [2.05, 4.69) is 34.1 Å². The largest absolute Gasteiger partial charge is 0.349 e. The van der Waals surface area contributed by atoms with Gasteiger partial charge in [0, 0.05) is 35.0 Å². The van der Waals surface area contributed by atoms with Gasteiger partial charge in [-0.05, 0) is 23.8 Å². The second kappa shape index (κ2) is 7.04. The molecule has 3 aromatic rings. The Balaban J connectivity index is 1.55. The zero-order chi connectivity index (χ0) is 18.9. The number of aromatic nitrogens is 1. The number of nitrogens with zero attached hydrogens (tertiary/aromatic N) is 1. The van der Waals surface area contributed by atoms with Crippen molar-refractivity contribution in [2.24, 2.45) is 0 Å². The van der Waals surface area contributed by atoms with E-state index in [0.29, 0.717) is 6.54 Å². The molecule has 2 aromatic carbocycles. The molecule has 0 bridgehead atoms. The fourth-order valence-electron chi connectivity index (χ4n) is 3.46. The third-order valence-corrected chi connectivity index (χ3v) is 6.11. The highest BCUT2D eigenvalue weighted by Gasteiger charge is 2.23. The Morgan fingerprint density at radius 2 is 1.81 bits per heavy atom. The number of fused-ring (bicyclic) bond motifs is 1. The van der Waals surface area contributed by atoms with E-state index >= 15 is 0 Å². The van der Waals surface area contributed by atoms with Gasteiger partial charge in [-0.2, -0.15) is 0 Å². The summed E-state index contributed by atoms with van der Waals surface area (Å²) in [5, 5.41) is 5.08. The van der Waals surface area contributed by atoms with Crippen LogP contribution in [0.4, 0.5) is 0 Å². The van der Waals surface area contributed by atoms with Gasteiger partial charge in [0.2, 0.25) is 5.91 Å². The van der Waals surface area contributed by atoms with Crippen LogP contribution in [-0.2, 0) is 21.2 Å². The van der Waals surface area contributed by atoms with Crippen molar-refractivity contribution < 1.29 is 13.2 Å². The highest BCUT2D eigenvalue weighted by Crippen LogP contribution is 2.28. The highest BCUT2D eigenvalue weighted by atomic mass is 32.2. The second-order valence-electron chi connectivity index (χ2n) is 6.69. The zero-order valence-electron chi connectivity index (χ0n) is 14.7. The van der Waals surface area contributed by atoms with Crippen LogP contribution in [0.15, 0.2) is 72.1 Å². The number of carbonyl (C=O) groups excluding carboxylic acids is 1. The molecule has 0 unspecified atom stereocenters. The summed E-state index contributed by atoms with van der Waals surface area (Å²) in [5.41, 5.74) is 3.24. The molecule has 27 heavy (non-hydrogen) atoms. The maximum atomic E-state index is 12.3. The van der Waals surface area contributed by atoms with Gasteiger partial charge in [0.25, 0.3) is 0 Å². The van der Waals surface area contributed by atoms with Crippen molar-refractivity contribution in [1.82, 2.24) is 9.88 Å². The first-order valence-corrected chi connectivity index (χ1v) is 10.6. The molecule has 4 rings (SSSR count). The molecular formula is C21H20N2O3S. The predicted molar refractivity (Wildman–Crippen MR) is 107 cm³/mol. The van der Waals surface area contributed by atoms with Gasteiger partial charge in [-0.3, -0.25) is 4.79 Å². The fraction of sp³-hybridized carbons (Fsp3) is 0.190. The number of benzene rings is 2. The summed E-state index contributed by atoms with van der Waals surface area (Å²) < 4.78 is 25.1. The molecule has 1 N–H and O–H groups in total. The molecule has 1 aromatic heterocycles. The lowest BCUT2D eigenvalue weighted by Crippen LogP contribution is -2.35. The molecule has 1 aliphatic heterocycles. The van der Waals surface area contributed by atoms with E-state index in [1.165, 1.54) is 11.5 Å². The van der Waals surface area contributed by atoms with E-state index in [4.69, 9.17) is 0 Å². The average Bonchev–Trinajstić information content (AvgIpc) is 3.20. The standard InChI is InChI=1S/C21H20N2O3S/c24-21(22-18-11-13-27(25,26)15-18)10-12-23-19-9-5-4-8-17(19)14-20(23)16-6-2-1-3-7-16/h1-9,11,13-14,18H,10,12,15H2,(H,22,24)/t18-/m1/s1. The van der Waals surface area contributed by atoms with Crippen LogP contribution >= 0.6 is 0 Å². The molecule has 0 spiro atoms. The van der Waals surface area contributed by atoms with Crippen molar-refractivity contribution in [2.75, 3.05) is 5.75 Å². The normalized spacial score (nSPS) is 18.0. The molecule has 0 saturated carbocycles. The molecule has 0 fully saturated rings. The summed E-state index contributed by atoms with van der Waals surface area (Å²) in [6.45, 7) is 0.521. The van der Waals surface area contributed by atoms with Gasteiger partial charge in [-0.1, -0.05) is 48.5 Å². The Labute approximate surface area is 158 Å². The second-order valence-corrected chi connectivity index (χ2v) is 8.62. The molecule has 0 radical (unpaired) electrons. The summed E-state index contributed by atoms with van der Waals surface area (Å²) in [5.74, 6) is -0.209. The molecule has 5 nitrogen and oxygen atoms in total.